The Labute approximate surface area is 229 Å². The van der Waals surface area contributed by atoms with E-state index in [4.69, 9.17) is 0 Å². The quantitative estimate of drug-likeness (QED) is 0.331. The first-order valence-corrected chi connectivity index (χ1v) is 13.9. The maximum atomic E-state index is 13.9. The van der Waals surface area contributed by atoms with Gasteiger partial charge in [-0.3, -0.25) is 9.59 Å². The predicted octanol–water partition coefficient (Wildman–Crippen LogP) is 7.84. The molecule has 0 unspecified atom stereocenters. The number of rotatable bonds is 0. The van der Waals surface area contributed by atoms with Gasteiger partial charge in [-0.05, 0) is 34.5 Å². The molecule has 0 aliphatic heterocycles. The summed E-state index contributed by atoms with van der Waals surface area (Å²) in [6.45, 7) is 24.3. The molecule has 4 nitrogen and oxygen atoms in total. The van der Waals surface area contributed by atoms with E-state index < -0.39 is 43.3 Å². The molecule has 4 rings (SSSR count). The monoisotopic (exact) mass is 512 g/mol. The van der Waals surface area contributed by atoms with Crippen LogP contribution >= 0.6 is 0 Å². The van der Waals surface area contributed by atoms with E-state index in [0.29, 0.717) is 22.3 Å². The minimum atomic E-state index is -1.50. The van der Waals surface area contributed by atoms with Crippen molar-refractivity contribution in [2.75, 3.05) is 0 Å². The molecular weight excluding hydrogens is 468 g/mol. The number of fused-ring (bicyclic) bond motifs is 2. The van der Waals surface area contributed by atoms with Crippen molar-refractivity contribution >= 4 is 11.6 Å². The molecule has 2 saturated carbocycles. The van der Waals surface area contributed by atoms with Crippen molar-refractivity contribution in [3.05, 3.63) is 46.6 Å². The molecule has 0 N–H and O–H groups in total. The second-order valence-electron chi connectivity index (χ2n) is 16.2. The fourth-order valence-electron chi connectivity index (χ4n) is 7.45. The molecule has 0 aromatic heterocycles. The lowest BCUT2D eigenvalue weighted by Gasteiger charge is -2.70. The van der Waals surface area contributed by atoms with Crippen LogP contribution in [-0.4, -0.2) is 11.6 Å². The van der Waals surface area contributed by atoms with Crippen molar-refractivity contribution in [3.63, 3.8) is 0 Å². The second-order valence-corrected chi connectivity index (χ2v) is 16.2. The molecule has 0 heterocycles. The van der Waals surface area contributed by atoms with Crippen LogP contribution in [0.25, 0.3) is 0 Å². The number of carbonyl (C=O) groups is 2. The van der Waals surface area contributed by atoms with Crippen molar-refractivity contribution < 1.29 is 9.59 Å². The Hall–Kier alpha value is -2.72. The van der Waals surface area contributed by atoms with Crippen molar-refractivity contribution in [3.8, 4) is 12.1 Å². The Bertz CT molecular complexity index is 1180. The number of nitrogens with zero attached hydrogens (tertiary/aromatic N) is 2. The molecule has 4 aliphatic rings. The number of ketones is 2. The molecule has 0 radical (unpaired) electrons. The fraction of sp³-hybridized carbons (Fsp3) is 0.647. The lowest BCUT2D eigenvalue weighted by molar-refractivity contribution is -0.134. The molecule has 4 heteroatoms. The molecular formula is C34H44N2O2. The highest BCUT2D eigenvalue weighted by molar-refractivity contribution is 6.12. The molecule has 0 saturated heterocycles. The van der Waals surface area contributed by atoms with Gasteiger partial charge in [0.05, 0.1) is 12.1 Å². The third-order valence-electron chi connectivity index (χ3n) is 9.61. The Morgan fingerprint density at radius 2 is 0.789 bits per heavy atom. The Morgan fingerprint density at radius 3 is 0.947 bits per heavy atom. The first kappa shape index (κ1) is 28.3. The van der Waals surface area contributed by atoms with Crippen LogP contribution in [0.2, 0.25) is 0 Å². The molecule has 2 fully saturated rings. The zero-order valence-corrected chi connectivity index (χ0v) is 25.4. The van der Waals surface area contributed by atoms with Gasteiger partial charge in [0.25, 0.3) is 0 Å². The molecule has 0 amide bonds. The van der Waals surface area contributed by atoms with Crippen LogP contribution in [0.15, 0.2) is 46.6 Å². The van der Waals surface area contributed by atoms with Gasteiger partial charge in [0.1, 0.15) is 0 Å². The van der Waals surface area contributed by atoms with Crippen molar-refractivity contribution in [1.82, 2.24) is 0 Å². The van der Waals surface area contributed by atoms with E-state index in [0.717, 1.165) is 12.8 Å². The predicted molar refractivity (Wildman–Crippen MR) is 150 cm³/mol. The van der Waals surface area contributed by atoms with Crippen LogP contribution in [-0.2, 0) is 9.59 Å². The number of allylic oxidation sites excluding steroid dienone is 8. The maximum Gasteiger partial charge on any atom is 0.185 e. The van der Waals surface area contributed by atoms with Gasteiger partial charge in [0.2, 0.25) is 0 Å². The summed E-state index contributed by atoms with van der Waals surface area (Å²) in [4.78, 5) is 27.7. The van der Waals surface area contributed by atoms with Gasteiger partial charge in [0.15, 0.2) is 17.0 Å². The number of hydrogen-bond donors (Lipinski definition) is 0. The van der Waals surface area contributed by atoms with E-state index >= 15 is 0 Å². The average Bonchev–Trinajstić information content (AvgIpc) is 3.56. The van der Waals surface area contributed by atoms with Gasteiger partial charge in [-0.1, -0.05) is 107 Å². The lowest BCUT2D eigenvalue weighted by Crippen LogP contribution is -2.72. The first-order valence-electron chi connectivity index (χ1n) is 13.9. The van der Waals surface area contributed by atoms with Crippen LogP contribution in [0.3, 0.4) is 0 Å². The SMILES string of the molecule is CC(C)(C)C1=CC2(C=C(C(C)(C)C)C1=O)C(C#N)(C#N)C1(C=C(C(C)(C)C)C(=O)C(C(C)(C)C)=C1)C21CC1. The number of Topliss-reactive ketones (excluding diaryl/α,β-unsaturated/α-hetero) is 2. The van der Waals surface area contributed by atoms with E-state index in [1.807, 2.05) is 107 Å². The first-order chi connectivity index (χ1) is 17.0. The summed E-state index contributed by atoms with van der Waals surface area (Å²) in [6.07, 6.45) is 9.65. The number of hydrogen-bond acceptors (Lipinski definition) is 4. The zero-order valence-electron chi connectivity index (χ0n) is 25.4. The van der Waals surface area contributed by atoms with Gasteiger partial charge in [-0.25, -0.2) is 0 Å². The molecule has 38 heavy (non-hydrogen) atoms. The Balaban J connectivity index is 2.18. The highest BCUT2D eigenvalue weighted by atomic mass is 16.1. The summed E-state index contributed by atoms with van der Waals surface area (Å²) in [6, 6.07) is 5.07. The minimum absolute atomic E-state index is 0.00724. The smallest absolute Gasteiger partial charge is 0.185 e. The van der Waals surface area contributed by atoms with Crippen molar-refractivity contribution in [1.29, 1.82) is 10.5 Å². The molecule has 0 aromatic carbocycles. The summed E-state index contributed by atoms with van der Waals surface area (Å²) < 4.78 is 0. The maximum absolute atomic E-state index is 13.9. The standard InChI is InChI=1S/C34H44N2O2/c1-27(2,3)21-15-32(16-22(25(21)37)28(4,5)6)31(13-14-31)33(34(32,19-35)20-36)17-23(29(7,8)9)26(38)24(18-33)30(10,11)12/h15-18H,13-14H2,1-12H3. The lowest BCUT2D eigenvalue weighted by atomic mass is 9.27. The van der Waals surface area contributed by atoms with E-state index in [9.17, 15) is 20.1 Å². The summed E-state index contributed by atoms with van der Waals surface area (Å²) in [5.74, 6) is 0.0145. The van der Waals surface area contributed by atoms with E-state index in [-0.39, 0.29) is 11.6 Å². The molecule has 3 spiro atoms. The summed E-state index contributed by atoms with van der Waals surface area (Å²) in [7, 11) is 0. The van der Waals surface area contributed by atoms with E-state index in [2.05, 4.69) is 12.1 Å². The largest absolute Gasteiger partial charge is 0.289 e. The van der Waals surface area contributed by atoms with Gasteiger partial charge >= 0.3 is 0 Å². The molecule has 0 aromatic rings. The normalized spacial score (nSPS) is 25.1. The zero-order chi connectivity index (χ0) is 29.1. The van der Waals surface area contributed by atoms with Gasteiger partial charge in [0, 0.05) is 38.5 Å². The summed E-state index contributed by atoms with van der Waals surface area (Å²) in [5, 5.41) is 22.1. The molecule has 4 aliphatic carbocycles. The molecule has 0 atom stereocenters. The number of carbonyl (C=O) groups excluding carboxylic acids is 2. The van der Waals surface area contributed by atoms with Crippen LogP contribution in [0.1, 0.15) is 95.9 Å². The summed E-state index contributed by atoms with van der Waals surface area (Å²) in [5.41, 5.74) is -2.93. The topological polar surface area (TPSA) is 81.7 Å². The van der Waals surface area contributed by atoms with Crippen molar-refractivity contribution in [2.24, 2.45) is 43.3 Å². The van der Waals surface area contributed by atoms with Crippen LogP contribution < -0.4 is 0 Å². The number of nitriles is 2. The average molecular weight is 513 g/mol. The third kappa shape index (κ3) is 3.19. The molecule has 0 bridgehead atoms. The minimum Gasteiger partial charge on any atom is -0.289 e. The van der Waals surface area contributed by atoms with Crippen LogP contribution in [0, 0.1) is 66.0 Å². The fourth-order valence-corrected chi connectivity index (χ4v) is 7.45. The van der Waals surface area contributed by atoms with Crippen molar-refractivity contribution in [2.45, 2.75) is 95.9 Å². The second kappa shape index (κ2) is 7.47. The van der Waals surface area contributed by atoms with Gasteiger partial charge < -0.3 is 0 Å². The van der Waals surface area contributed by atoms with Gasteiger partial charge in [-0.2, -0.15) is 10.5 Å². The Morgan fingerprint density at radius 1 is 0.553 bits per heavy atom. The van der Waals surface area contributed by atoms with E-state index in [1.165, 1.54) is 0 Å². The van der Waals surface area contributed by atoms with Crippen LogP contribution in [0.4, 0.5) is 0 Å². The highest BCUT2D eigenvalue weighted by Crippen LogP contribution is 2.91. The Kier molecular flexibility index (Phi) is 5.56. The van der Waals surface area contributed by atoms with E-state index in [1.54, 1.807) is 0 Å². The molecule has 202 valence electrons. The van der Waals surface area contributed by atoms with Crippen LogP contribution in [0.5, 0.6) is 0 Å². The third-order valence-corrected chi connectivity index (χ3v) is 9.61. The highest BCUT2D eigenvalue weighted by Gasteiger charge is 2.90. The van der Waals surface area contributed by atoms with Gasteiger partial charge in [-0.15, -0.1) is 0 Å². The summed E-state index contributed by atoms with van der Waals surface area (Å²) >= 11 is 0.